The number of piperidine rings is 1. The Morgan fingerprint density at radius 1 is 1.38 bits per heavy atom. The van der Waals surface area contributed by atoms with Crippen LogP contribution in [-0.4, -0.2) is 36.4 Å². The van der Waals surface area contributed by atoms with Crippen molar-refractivity contribution >= 4 is 16.0 Å². The summed E-state index contributed by atoms with van der Waals surface area (Å²) >= 11 is 0. The van der Waals surface area contributed by atoms with Crippen molar-refractivity contribution in [2.45, 2.75) is 44.0 Å². The number of benzene rings is 1. The summed E-state index contributed by atoms with van der Waals surface area (Å²) in [5.41, 5.74) is 0.638. The molecule has 0 aliphatic carbocycles. The molecule has 1 aromatic rings. The Labute approximate surface area is 125 Å². The van der Waals surface area contributed by atoms with Crippen molar-refractivity contribution in [3.05, 3.63) is 29.8 Å². The maximum Gasteiger partial charge on any atom is 0.322 e. The van der Waals surface area contributed by atoms with E-state index in [1.54, 1.807) is 25.1 Å². The Bertz CT molecular complexity index is 626. The molecule has 1 aliphatic heterocycles. The lowest BCUT2D eigenvalue weighted by molar-refractivity contribution is -0.143. The predicted octanol–water partition coefficient (Wildman–Crippen LogP) is 2.26. The standard InChI is InChI=1S/C15H21NO4S/c1-3-12-8-9-16(13(10-12)15(17)18)21(19,20)14-7-5-4-6-11(14)2/h4-7,12-13H,3,8-10H2,1-2H3,(H,17,18). The van der Waals surface area contributed by atoms with E-state index in [2.05, 4.69) is 0 Å². The van der Waals surface area contributed by atoms with Crippen LogP contribution in [0, 0.1) is 12.8 Å². The normalized spacial score (nSPS) is 23.9. The van der Waals surface area contributed by atoms with Crippen molar-refractivity contribution in [1.82, 2.24) is 4.31 Å². The Morgan fingerprint density at radius 3 is 2.62 bits per heavy atom. The zero-order valence-corrected chi connectivity index (χ0v) is 13.1. The van der Waals surface area contributed by atoms with E-state index in [0.29, 0.717) is 18.4 Å². The van der Waals surface area contributed by atoms with Gasteiger partial charge in [-0.1, -0.05) is 31.5 Å². The molecular formula is C15H21NO4S. The monoisotopic (exact) mass is 311 g/mol. The quantitative estimate of drug-likeness (QED) is 0.925. The van der Waals surface area contributed by atoms with Crippen molar-refractivity contribution in [2.75, 3.05) is 6.54 Å². The summed E-state index contributed by atoms with van der Waals surface area (Å²) in [5, 5.41) is 9.40. The second-order valence-electron chi connectivity index (χ2n) is 5.53. The van der Waals surface area contributed by atoms with Gasteiger partial charge in [0.2, 0.25) is 10.0 Å². The summed E-state index contributed by atoms with van der Waals surface area (Å²) in [6.45, 7) is 4.00. The van der Waals surface area contributed by atoms with Crippen LogP contribution in [0.4, 0.5) is 0 Å². The molecule has 116 valence electrons. The number of aliphatic carboxylic acids is 1. The topological polar surface area (TPSA) is 74.7 Å². The molecular weight excluding hydrogens is 290 g/mol. The Kier molecular flexibility index (Phi) is 4.68. The fourth-order valence-electron chi connectivity index (χ4n) is 2.87. The average molecular weight is 311 g/mol. The highest BCUT2D eigenvalue weighted by Gasteiger charge is 2.40. The van der Waals surface area contributed by atoms with E-state index >= 15 is 0 Å². The molecule has 0 spiro atoms. The maximum absolute atomic E-state index is 12.8. The van der Waals surface area contributed by atoms with Crippen LogP contribution >= 0.6 is 0 Å². The molecule has 1 aliphatic rings. The Hall–Kier alpha value is -1.40. The molecule has 1 saturated heterocycles. The predicted molar refractivity (Wildman–Crippen MR) is 79.5 cm³/mol. The van der Waals surface area contributed by atoms with Crippen molar-refractivity contribution in [2.24, 2.45) is 5.92 Å². The van der Waals surface area contributed by atoms with E-state index in [-0.39, 0.29) is 17.4 Å². The van der Waals surface area contributed by atoms with Crippen molar-refractivity contribution < 1.29 is 18.3 Å². The molecule has 21 heavy (non-hydrogen) atoms. The van der Waals surface area contributed by atoms with Crippen molar-refractivity contribution in [3.8, 4) is 0 Å². The van der Waals surface area contributed by atoms with Gasteiger partial charge in [0.05, 0.1) is 4.90 Å². The fourth-order valence-corrected chi connectivity index (χ4v) is 4.71. The molecule has 1 aromatic carbocycles. The molecule has 6 heteroatoms. The van der Waals surface area contributed by atoms with E-state index in [1.807, 2.05) is 6.92 Å². The molecule has 1 fully saturated rings. The fraction of sp³-hybridized carbons (Fsp3) is 0.533. The number of carbonyl (C=O) groups is 1. The number of carboxylic acid groups (broad SMARTS) is 1. The zero-order chi connectivity index (χ0) is 15.6. The van der Waals surface area contributed by atoms with Crippen molar-refractivity contribution in [3.63, 3.8) is 0 Å². The van der Waals surface area contributed by atoms with Gasteiger partial charge in [0.1, 0.15) is 6.04 Å². The first-order valence-corrected chi connectivity index (χ1v) is 8.62. The lowest BCUT2D eigenvalue weighted by atomic mass is 9.90. The van der Waals surface area contributed by atoms with Crippen LogP contribution in [0.1, 0.15) is 31.7 Å². The van der Waals surface area contributed by atoms with Crippen LogP contribution in [0.25, 0.3) is 0 Å². The molecule has 1 N–H and O–H groups in total. The zero-order valence-electron chi connectivity index (χ0n) is 12.3. The second kappa shape index (κ2) is 6.15. The number of hydrogen-bond acceptors (Lipinski definition) is 3. The number of sulfonamides is 1. The molecule has 2 atom stereocenters. The first-order valence-electron chi connectivity index (χ1n) is 7.18. The molecule has 2 rings (SSSR count). The summed E-state index contributed by atoms with van der Waals surface area (Å²) in [6.07, 6.45) is 1.98. The second-order valence-corrected chi connectivity index (χ2v) is 7.39. The van der Waals surface area contributed by atoms with Crippen LogP contribution in [0.2, 0.25) is 0 Å². The van der Waals surface area contributed by atoms with Gasteiger partial charge < -0.3 is 5.11 Å². The molecule has 0 radical (unpaired) electrons. The third-order valence-electron chi connectivity index (χ3n) is 4.20. The number of hydrogen-bond donors (Lipinski definition) is 1. The molecule has 2 unspecified atom stereocenters. The van der Waals surface area contributed by atoms with Gasteiger partial charge in [0.25, 0.3) is 0 Å². The lowest BCUT2D eigenvalue weighted by Gasteiger charge is -2.36. The first-order chi connectivity index (χ1) is 9.87. The highest BCUT2D eigenvalue weighted by molar-refractivity contribution is 7.89. The number of aryl methyl sites for hydroxylation is 1. The Balaban J connectivity index is 2.39. The van der Waals surface area contributed by atoms with E-state index in [0.717, 1.165) is 10.7 Å². The third-order valence-corrected chi connectivity index (χ3v) is 6.27. The minimum atomic E-state index is -3.77. The van der Waals surface area contributed by atoms with E-state index in [4.69, 9.17) is 0 Å². The van der Waals surface area contributed by atoms with Gasteiger partial charge in [0, 0.05) is 6.54 Å². The Morgan fingerprint density at radius 2 is 2.05 bits per heavy atom. The number of carboxylic acids is 1. The first kappa shape index (κ1) is 16.0. The van der Waals surface area contributed by atoms with Crippen LogP contribution in [0.5, 0.6) is 0 Å². The summed E-state index contributed by atoms with van der Waals surface area (Å²) in [4.78, 5) is 11.7. The minimum Gasteiger partial charge on any atom is -0.480 e. The van der Waals surface area contributed by atoms with Gasteiger partial charge in [-0.25, -0.2) is 8.42 Å². The van der Waals surface area contributed by atoms with E-state index in [9.17, 15) is 18.3 Å². The maximum atomic E-state index is 12.8. The average Bonchev–Trinajstić information content (AvgIpc) is 2.46. The third kappa shape index (κ3) is 3.11. The largest absolute Gasteiger partial charge is 0.480 e. The van der Waals surface area contributed by atoms with Crippen molar-refractivity contribution in [1.29, 1.82) is 0 Å². The summed E-state index contributed by atoms with van der Waals surface area (Å²) in [6, 6.07) is 5.73. The molecule has 0 saturated carbocycles. The summed E-state index contributed by atoms with van der Waals surface area (Å²) < 4.78 is 26.7. The van der Waals surface area contributed by atoms with Gasteiger partial charge in [-0.05, 0) is 37.3 Å². The SMILES string of the molecule is CCC1CCN(S(=O)(=O)c2ccccc2C)C(C(=O)O)C1. The number of rotatable bonds is 4. The summed E-state index contributed by atoms with van der Waals surface area (Å²) in [5.74, 6) is -0.792. The highest BCUT2D eigenvalue weighted by atomic mass is 32.2. The van der Waals surface area contributed by atoms with Crippen LogP contribution < -0.4 is 0 Å². The summed E-state index contributed by atoms with van der Waals surface area (Å²) in [7, 11) is -3.77. The molecule has 0 aromatic heterocycles. The van der Waals surface area contributed by atoms with Crippen LogP contribution in [0.3, 0.4) is 0 Å². The lowest BCUT2D eigenvalue weighted by Crippen LogP contribution is -2.50. The van der Waals surface area contributed by atoms with Crippen LogP contribution in [0.15, 0.2) is 29.2 Å². The van der Waals surface area contributed by atoms with E-state index < -0.39 is 22.0 Å². The number of nitrogens with zero attached hydrogens (tertiary/aromatic N) is 1. The molecule has 0 amide bonds. The minimum absolute atomic E-state index is 0.200. The van der Waals surface area contributed by atoms with Gasteiger partial charge >= 0.3 is 5.97 Å². The van der Waals surface area contributed by atoms with Gasteiger partial charge in [0.15, 0.2) is 0 Å². The highest BCUT2D eigenvalue weighted by Crippen LogP contribution is 2.31. The van der Waals surface area contributed by atoms with Gasteiger partial charge in [-0.3, -0.25) is 4.79 Å². The molecule has 0 bridgehead atoms. The van der Waals surface area contributed by atoms with Crippen LogP contribution in [-0.2, 0) is 14.8 Å². The molecule has 5 nitrogen and oxygen atoms in total. The van der Waals surface area contributed by atoms with Gasteiger partial charge in [-0.2, -0.15) is 4.31 Å². The molecule has 1 heterocycles. The van der Waals surface area contributed by atoms with E-state index in [1.165, 1.54) is 6.07 Å². The smallest absolute Gasteiger partial charge is 0.322 e. The van der Waals surface area contributed by atoms with Gasteiger partial charge in [-0.15, -0.1) is 0 Å².